The second kappa shape index (κ2) is 13.3. The maximum Gasteiger partial charge on any atom is 0.164 e. The van der Waals surface area contributed by atoms with Gasteiger partial charge in [-0.1, -0.05) is 158 Å². The predicted octanol–water partition coefficient (Wildman–Crippen LogP) is 14.1. The molecular weight excluding hydrogens is 703 g/mol. The van der Waals surface area contributed by atoms with Gasteiger partial charge in [-0.05, 0) is 63.7 Å². The maximum absolute atomic E-state index is 6.45. The molecule has 0 unspecified atom stereocenters. The number of para-hydroxylation sites is 1. The third-order valence-electron chi connectivity index (χ3n) is 10.5. The largest absolute Gasteiger partial charge is 0.456 e. The Labute approximate surface area is 327 Å². The number of hydrogen-bond donors (Lipinski definition) is 0. The van der Waals surface area contributed by atoms with Crippen LogP contribution in [-0.2, 0) is 0 Å². The van der Waals surface area contributed by atoms with E-state index in [0.717, 1.165) is 66.4 Å². The quantitative estimate of drug-likeness (QED) is 0.171. The molecule has 0 fully saturated rings. The van der Waals surface area contributed by atoms with Gasteiger partial charge in [0.05, 0.1) is 0 Å². The average Bonchev–Trinajstić information content (AvgIpc) is 3.84. The molecule has 0 saturated carbocycles. The van der Waals surface area contributed by atoms with E-state index in [1.807, 2.05) is 48.5 Å². The zero-order chi connectivity index (χ0) is 37.0. The van der Waals surface area contributed by atoms with Crippen molar-refractivity contribution in [2.75, 3.05) is 0 Å². The van der Waals surface area contributed by atoms with Crippen LogP contribution in [-0.4, -0.2) is 15.0 Å². The molecule has 3 aromatic heterocycles. The summed E-state index contributed by atoms with van der Waals surface area (Å²) in [7, 11) is 0. The molecule has 0 aliphatic heterocycles. The Morgan fingerprint density at radius 1 is 0.321 bits per heavy atom. The minimum Gasteiger partial charge on any atom is -0.456 e. The van der Waals surface area contributed by atoms with E-state index < -0.39 is 0 Å². The highest BCUT2D eigenvalue weighted by Gasteiger charge is 2.18. The van der Waals surface area contributed by atoms with E-state index in [0.29, 0.717) is 17.5 Å². The third-order valence-corrected chi connectivity index (χ3v) is 11.7. The van der Waals surface area contributed by atoms with Gasteiger partial charge in [-0.2, -0.15) is 0 Å². The van der Waals surface area contributed by atoms with Crippen LogP contribution in [0.3, 0.4) is 0 Å². The number of aromatic nitrogens is 3. The molecule has 8 aromatic carbocycles. The number of fused-ring (bicyclic) bond motifs is 6. The van der Waals surface area contributed by atoms with E-state index in [4.69, 9.17) is 19.4 Å². The topological polar surface area (TPSA) is 51.8 Å². The fourth-order valence-corrected chi connectivity index (χ4v) is 8.94. The molecule has 11 aromatic rings. The van der Waals surface area contributed by atoms with Crippen LogP contribution >= 0.6 is 11.3 Å². The number of benzene rings is 8. The van der Waals surface area contributed by atoms with Gasteiger partial charge in [0.15, 0.2) is 17.5 Å². The predicted molar refractivity (Wildman–Crippen MR) is 233 cm³/mol. The Hall–Kier alpha value is -7.21. The van der Waals surface area contributed by atoms with Crippen LogP contribution in [0.5, 0.6) is 0 Å². The molecule has 262 valence electrons. The highest BCUT2D eigenvalue weighted by molar-refractivity contribution is 7.25. The van der Waals surface area contributed by atoms with Crippen LogP contribution in [0.15, 0.2) is 192 Å². The van der Waals surface area contributed by atoms with E-state index in [1.54, 1.807) is 11.3 Å². The molecule has 3 heterocycles. The van der Waals surface area contributed by atoms with Crippen molar-refractivity contribution >= 4 is 53.4 Å². The first-order valence-electron chi connectivity index (χ1n) is 18.7. The van der Waals surface area contributed by atoms with Gasteiger partial charge in [-0.25, -0.2) is 15.0 Å². The summed E-state index contributed by atoms with van der Waals surface area (Å²) < 4.78 is 8.86. The highest BCUT2D eigenvalue weighted by atomic mass is 32.1. The number of thiophene rings is 1. The Balaban J connectivity index is 1.03. The SMILES string of the molecule is c1ccc(-c2ccc(-c3nc(-c4ccccc4)nc(-c4ccc5c(c4)sc4cc(-c6cc(-c7ccccc7)cc7oc8ccccc8c67)ccc45)n3)cc2)cc1. The number of hydrogen-bond acceptors (Lipinski definition) is 5. The van der Waals surface area contributed by atoms with Gasteiger partial charge < -0.3 is 4.42 Å². The van der Waals surface area contributed by atoms with Crippen molar-refractivity contribution in [2.45, 2.75) is 0 Å². The smallest absolute Gasteiger partial charge is 0.164 e. The first-order chi connectivity index (χ1) is 27.7. The van der Waals surface area contributed by atoms with Crippen LogP contribution in [0.25, 0.3) is 110 Å². The van der Waals surface area contributed by atoms with Crippen molar-refractivity contribution in [3.63, 3.8) is 0 Å². The van der Waals surface area contributed by atoms with Crippen molar-refractivity contribution in [2.24, 2.45) is 0 Å². The van der Waals surface area contributed by atoms with Crippen molar-refractivity contribution < 1.29 is 4.42 Å². The molecule has 4 nitrogen and oxygen atoms in total. The normalized spacial score (nSPS) is 11.6. The van der Waals surface area contributed by atoms with E-state index in [2.05, 4.69) is 140 Å². The molecule has 0 N–H and O–H groups in total. The van der Waals surface area contributed by atoms with Crippen LogP contribution < -0.4 is 0 Å². The Bertz CT molecular complexity index is 3230. The molecule has 56 heavy (non-hydrogen) atoms. The number of rotatable bonds is 6. The van der Waals surface area contributed by atoms with Crippen LogP contribution in [0.2, 0.25) is 0 Å². The third kappa shape index (κ3) is 5.65. The summed E-state index contributed by atoms with van der Waals surface area (Å²) in [5.74, 6) is 1.94. The number of furan rings is 1. The van der Waals surface area contributed by atoms with Gasteiger partial charge in [-0.15, -0.1) is 11.3 Å². The van der Waals surface area contributed by atoms with Gasteiger partial charge in [0.25, 0.3) is 0 Å². The molecule has 0 bridgehead atoms. The Kier molecular flexibility index (Phi) is 7.64. The highest BCUT2D eigenvalue weighted by Crippen LogP contribution is 2.43. The molecule has 0 saturated heterocycles. The van der Waals surface area contributed by atoms with E-state index in [9.17, 15) is 0 Å². The van der Waals surface area contributed by atoms with Gasteiger partial charge in [0.1, 0.15) is 11.2 Å². The maximum atomic E-state index is 6.45. The lowest BCUT2D eigenvalue weighted by atomic mass is 9.94. The van der Waals surface area contributed by atoms with Crippen molar-refractivity contribution in [1.82, 2.24) is 15.0 Å². The van der Waals surface area contributed by atoms with Gasteiger partial charge in [0, 0.05) is 47.6 Å². The Morgan fingerprint density at radius 2 is 0.786 bits per heavy atom. The van der Waals surface area contributed by atoms with Crippen LogP contribution in [0.4, 0.5) is 0 Å². The summed E-state index contributed by atoms with van der Waals surface area (Å²) >= 11 is 1.80. The summed E-state index contributed by atoms with van der Waals surface area (Å²) in [6, 6.07) is 65.7. The lowest BCUT2D eigenvalue weighted by Crippen LogP contribution is -2.00. The van der Waals surface area contributed by atoms with Crippen LogP contribution in [0.1, 0.15) is 0 Å². The average molecular weight is 734 g/mol. The fraction of sp³-hybridized carbons (Fsp3) is 0. The monoisotopic (exact) mass is 733 g/mol. The number of nitrogens with zero attached hydrogens (tertiary/aromatic N) is 3. The van der Waals surface area contributed by atoms with Gasteiger partial charge in [0.2, 0.25) is 0 Å². The van der Waals surface area contributed by atoms with Crippen LogP contribution in [0, 0.1) is 0 Å². The molecule has 0 aliphatic rings. The van der Waals surface area contributed by atoms with Crippen molar-refractivity contribution in [3.8, 4) is 67.5 Å². The summed E-state index contributed by atoms with van der Waals surface area (Å²) in [4.78, 5) is 15.1. The van der Waals surface area contributed by atoms with Crippen molar-refractivity contribution in [3.05, 3.63) is 188 Å². The molecule has 0 aliphatic carbocycles. The molecule has 0 amide bonds. The molecule has 5 heteroatoms. The zero-order valence-corrected chi connectivity index (χ0v) is 30.9. The first kappa shape index (κ1) is 32.2. The zero-order valence-electron chi connectivity index (χ0n) is 30.1. The minimum atomic E-state index is 0.644. The van der Waals surface area contributed by atoms with Crippen molar-refractivity contribution in [1.29, 1.82) is 0 Å². The molecular formula is C51H31N3OS. The Morgan fingerprint density at radius 3 is 1.45 bits per heavy atom. The second-order valence-corrected chi connectivity index (χ2v) is 15.1. The summed E-state index contributed by atoms with van der Waals surface area (Å²) in [5.41, 5.74) is 11.6. The minimum absolute atomic E-state index is 0.644. The lowest BCUT2D eigenvalue weighted by Gasteiger charge is -2.09. The summed E-state index contributed by atoms with van der Waals surface area (Å²) in [6.45, 7) is 0. The summed E-state index contributed by atoms with van der Waals surface area (Å²) in [5, 5.41) is 4.70. The second-order valence-electron chi connectivity index (χ2n) is 14.0. The first-order valence-corrected chi connectivity index (χ1v) is 19.5. The standard InChI is InChI=1S/C51H31N3OS/c1-4-12-32(13-5-1)34-20-22-36(23-21-34)50-52-49(35-16-8-3-9-17-35)53-51(54-50)38-25-27-41-40-26-24-37(30-46(40)56-47(41)31-38)43-28-39(33-14-6-2-7-15-33)29-45-48(43)42-18-10-11-19-44(42)55-45/h1-31H. The molecule has 0 atom stereocenters. The lowest BCUT2D eigenvalue weighted by molar-refractivity contribution is 0.669. The van der Waals surface area contributed by atoms with E-state index >= 15 is 0 Å². The fourth-order valence-electron chi connectivity index (χ4n) is 7.76. The molecule has 0 radical (unpaired) electrons. The van der Waals surface area contributed by atoms with E-state index in [1.165, 1.54) is 25.7 Å². The van der Waals surface area contributed by atoms with Gasteiger partial charge in [-0.3, -0.25) is 0 Å². The van der Waals surface area contributed by atoms with Gasteiger partial charge >= 0.3 is 0 Å². The molecule has 11 rings (SSSR count). The molecule has 0 spiro atoms. The van der Waals surface area contributed by atoms with E-state index in [-0.39, 0.29) is 0 Å². The summed E-state index contributed by atoms with van der Waals surface area (Å²) in [6.07, 6.45) is 0.